The minimum atomic E-state index is 1.10. The molecule has 62 valence electrons. The quantitative estimate of drug-likeness (QED) is 0.547. The molecule has 0 aliphatic rings. The molecule has 1 aromatic heterocycles. The average molecular weight is 172 g/mol. The Kier molecular flexibility index (Phi) is 4.88. The van der Waals surface area contributed by atoms with Gasteiger partial charge in [-0.1, -0.05) is 6.07 Å². The average Bonchev–Trinajstić information content (AvgIpc) is 2.02. The number of aromatic nitrogens is 1. The van der Waals surface area contributed by atoms with Crippen LogP contribution in [0.5, 0.6) is 0 Å². The third kappa shape index (κ3) is 3.38. The highest BCUT2D eigenvalue weighted by atomic mass is 35.5. The van der Waals surface area contributed by atoms with Crippen molar-refractivity contribution in [2.45, 2.75) is 20.8 Å². The first-order valence-electron chi connectivity index (χ1n) is 3.49. The Hall–Kier alpha value is -0.560. The van der Waals surface area contributed by atoms with Gasteiger partial charge in [-0.3, -0.25) is 4.98 Å². The van der Waals surface area contributed by atoms with Crippen LogP contribution in [0.15, 0.2) is 12.1 Å². The largest absolute Gasteiger partial charge is 0.258 e. The first-order valence-corrected chi connectivity index (χ1v) is 4.24. The van der Waals surface area contributed by atoms with E-state index < -0.39 is 0 Å². The molecule has 1 heterocycles. The molecule has 2 heteroatoms. The molecule has 1 nitrogen and oxygen atoms in total. The molecule has 0 amide bonds. The number of rotatable bonds is 0. The number of nitrogens with zero attached hydrogens (tertiary/aromatic N) is 1. The maximum absolute atomic E-state index is 4.64. The van der Waals surface area contributed by atoms with Crippen molar-refractivity contribution in [1.29, 1.82) is 0 Å². The van der Waals surface area contributed by atoms with E-state index in [-0.39, 0.29) is 0 Å². The first-order chi connectivity index (χ1) is 5.20. The van der Waals surface area contributed by atoms with Crippen LogP contribution in [0.25, 0.3) is 0 Å². The molecule has 11 heavy (non-hydrogen) atoms. The molecule has 0 saturated carbocycles. The normalized spacial score (nSPS) is 8.45. The Balaban J connectivity index is 0.000000461. The summed E-state index contributed by atoms with van der Waals surface area (Å²) in [5, 5.41) is 0. The lowest BCUT2D eigenvalue weighted by Gasteiger charge is -1.97. The van der Waals surface area contributed by atoms with Gasteiger partial charge in [0.1, 0.15) is 0 Å². The zero-order valence-corrected chi connectivity index (χ0v) is 8.24. The van der Waals surface area contributed by atoms with Crippen LogP contribution >= 0.6 is 11.6 Å². The van der Waals surface area contributed by atoms with Gasteiger partial charge in [-0.2, -0.15) is 0 Å². The summed E-state index contributed by atoms with van der Waals surface area (Å²) in [7, 11) is 0. The third-order valence-corrected chi connectivity index (χ3v) is 1.49. The third-order valence-electron chi connectivity index (χ3n) is 1.49. The second kappa shape index (κ2) is 5.14. The lowest BCUT2D eigenvalue weighted by molar-refractivity contribution is 1.09. The predicted molar refractivity (Wildman–Crippen MR) is 50.2 cm³/mol. The number of hydrogen-bond acceptors (Lipinski definition) is 1. The van der Waals surface area contributed by atoms with Gasteiger partial charge < -0.3 is 0 Å². The van der Waals surface area contributed by atoms with Crippen molar-refractivity contribution in [3.05, 3.63) is 29.1 Å². The second-order valence-corrected chi connectivity index (χ2v) is 2.35. The summed E-state index contributed by atoms with van der Waals surface area (Å²) < 4.78 is 0. The SMILES string of the molecule is CCl.Cc1ccc(C)c(C)n1. The van der Waals surface area contributed by atoms with Crippen molar-refractivity contribution >= 4 is 11.6 Å². The molecule has 0 saturated heterocycles. The molecule has 0 fully saturated rings. The van der Waals surface area contributed by atoms with Gasteiger partial charge in [0.25, 0.3) is 0 Å². The Morgan fingerprint density at radius 1 is 1.09 bits per heavy atom. The van der Waals surface area contributed by atoms with Crippen LogP contribution in [0.4, 0.5) is 0 Å². The van der Waals surface area contributed by atoms with Crippen LogP contribution in [0.1, 0.15) is 17.0 Å². The Morgan fingerprint density at radius 3 is 2.00 bits per heavy atom. The second-order valence-electron chi connectivity index (χ2n) is 2.35. The van der Waals surface area contributed by atoms with Gasteiger partial charge in [-0.15, -0.1) is 11.6 Å². The minimum Gasteiger partial charge on any atom is -0.258 e. The fourth-order valence-corrected chi connectivity index (χ4v) is 0.756. The molecular formula is C9H14ClN. The maximum Gasteiger partial charge on any atom is 0.0404 e. The molecule has 0 N–H and O–H groups in total. The highest BCUT2D eigenvalue weighted by molar-refractivity contribution is 6.15. The van der Waals surface area contributed by atoms with Gasteiger partial charge >= 0.3 is 0 Å². The molecule has 0 aliphatic carbocycles. The van der Waals surface area contributed by atoms with E-state index in [9.17, 15) is 0 Å². The highest BCUT2D eigenvalue weighted by Crippen LogP contribution is 2.02. The van der Waals surface area contributed by atoms with E-state index in [4.69, 9.17) is 0 Å². The van der Waals surface area contributed by atoms with Gasteiger partial charge in [0, 0.05) is 17.8 Å². The van der Waals surface area contributed by atoms with E-state index in [0.29, 0.717) is 0 Å². The Morgan fingerprint density at radius 2 is 1.64 bits per heavy atom. The molecule has 0 unspecified atom stereocenters. The molecule has 0 radical (unpaired) electrons. The minimum absolute atomic E-state index is 1.10. The fraction of sp³-hybridized carbons (Fsp3) is 0.444. The molecule has 0 atom stereocenters. The summed E-state index contributed by atoms with van der Waals surface area (Å²) in [5.41, 5.74) is 3.49. The molecular weight excluding hydrogens is 158 g/mol. The van der Waals surface area contributed by atoms with E-state index in [2.05, 4.69) is 29.6 Å². The van der Waals surface area contributed by atoms with Crippen molar-refractivity contribution in [1.82, 2.24) is 4.98 Å². The number of aryl methyl sites for hydroxylation is 3. The summed E-state index contributed by atoms with van der Waals surface area (Å²) in [6.45, 7) is 6.11. The van der Waals surface area contributed by atoms with E-state index in [0.717, 1.165) is 11.4 Å². The zero-order valence-electron chi connectivity index (χ0n) is 7.48. The van der Waals surface area contributed by atoms with E-state index in [1.54, 1.807) is 0 Å². The summed E-state index contributed by atoms with van der Waals surface area (Å²) in [6.07, 6.45) is 1.47. The van der Waals surface area contributed by atoms with E-state index in [1.165, 1.54) is 11.9 Å². The Bertz CT molecular complexity index is 221. The number of pyridine rings is 1. The number of halogens is 1. The van der Waals surface area contributed by atoms with Gasteiger partial charge in [-0.05, 0) is 32.4 Å². The topological polar surface area (TPSA) is 12.9 Å². The van der Waals surface area contributed by atoms with Gasteiger partial charge in [-0.25, -0.2) is 0 Å². The molecule has 0 aromatic carbocycles. The van der Waals surface area contributed by atoms with Crippen molar-refractivity contribution in [2.24, 2.45) is 0 Å². The van der Waals surface area contributed by atoms with Crippen molar-refractivity contribution < 1.29 is 0 Å². The summed E-state index contributed by atoms with van der Waals surface area (Å²) in [6, 6.07) is 4.12. The van der Waals surface area contributed by atoms with Gasteiger partial charge in [0.15, 0.2) is 0 Å². The molecule has 1 rings (SSSR count). The molecule has 0 spiro atoms. The summed E-state index contributed by atoms with van der Waals surface area (Å²) in [5.74, 6) is 0. The van der Waals surface area contributed by atoms with Crippen molar-refractivity contribution in [3.63, 3.8) is 0 Å². The highest BCUT2D eigenvalue weighted by Gasteiger charge is 1.90. The Labute approximate surface area is 73.4 Å². The van der Waals surface area contributed by atoms with Crippen molar-refractivity contribution in [3.8, 4) is 0 Å². The molecule has 0 aliphatic heterocycles. The molecule has 1 aromatic rings. The van der Waals surface area contributed by atoms with Crippen LogP contribution in [0, 0.1) is 20.8 Å². The standard InChI is InChI=1S/C8H11N.CH3Cl/c1-6-4-5-7(2)9-8(6)3;1-2/h4-5H,1-3H3;1H3. The molecule has 0 bridgehead atoms. The van der Waals surface area contributed by atoms with Crippen molar-refractivity contribution in [2.75, 3.05) is 6.38 Å². The predicted octanol–water partition coefficient (Wildman–Crippen LogP) is 2.86. The lowest BCUT2D eigenvalue weighted by Crippen LogP contribution is -1.87. The van der Waals surface area contributed by atoms with E-state index in [1.807, 2.05) is 19.9 Å². The number of hydrogen-bond donors (Lipinski definition) is 0. The van der Waals surface area contributed by atoms with E-state index >= 15 is 0 Å². The monoisotopic (exact) mass is 171 g/mol. The van der Waals surface area contributed by atoms with Gasteiger partial charge in [0.05, 0.1) is 0 Å². The smallest absolute Gasteiger partial charge is 0.0404 e. The summed E-state index contributed by atoms with van der Waals surface area (Å²) in [4.78, 5) is 4.27. The maximum atomic E-state index is 4.64. The van der Waals surface area contributed by atoms with Crippen LogP contribution in [-0.2, 0) is 0 Å². The number of alkyl halides is 1. The van der Waals surface area contributed by atoms with Crippen LogP contribution in [0.3, 0.4) is 0 Å². The summed E-state index contributed by atoms with van der Waals surface area (Å²) >= 11 is 4.64. The van der Waals surface area contributed by atoms with Crippen LogP contribution < -0.4 is 0 Å². The fourth-order valence-electron chi connectivity index (χ4n) is 0.756. The van der Waals surface area contributed by atoms with Crippen LogP contribution in [-0.4, -0.2) is 11.4 Å². The first kappa shape index (κ1) is 10.4. The zero-order chi connectivity index (χ0) is 8.85. The lowest BCUT2D eigenvalue weighted by atomic mass is 10.2. The van der Waals surface area contributed by atoms with Crippen LogP contribution in [0.2, 0.25) is 0 Å². The van der Waals surface area contributed by atoms with Gasteiger partial charge in [0.2, 0.25) is 0 Å².